The molecule has 0 aliphatic rings. The van der Waals surface area contributed by atoms with Crippen molar-refractivity contribution in [1.82, 2.24) is 14.5 Å². The van der Waals surface area contributed by atoms with Crippen LogP contribution in [0.25, 0.3) is 16.6 Å². The average molecular weight is 435 g/mol. The van der Waals surface area contributed by atoms with Gasteiger partial charge in [0.15, 0.2) is 0 Å². The lowest BCUT2D eigenvalue weighted by molar-refractivity contribution is 0.262. The fourth-order valence-corrected chi connectivity index (χ4v) is 3.48. The molecule has 0 fully saturated rings. The van der Waals surface area contributed by atoms with Gasteiger partial charge in [-0.1, -0.05) is 30.3 Å². The highest BCUT2D eigenvalue weighted by atomic mass is 16.5. The smallest absolute Gasteiger partial charge is 0.323 e. The van der Waals surface area contributed by atoms with E-state index < -0.39 is 0 Å². The van der Waals surface area contributed by atoms with Crippen molar-refractivity contribution in [2.24, 2.45) is 0 Å². The van der Waals surface area contributed by atoms with Gasteiger partial charge in [-0.15, -0.1) is 0 Å². The highest BCUT2D eigenvalue weighted by molar-refractivity contribution is 6.01. The van der Waals surface area contributed by atoms with Crippen LogP contribution in [0.2, 0.25) is 0 Å². The molecule has 7 heteroatoms. The Hall–Kier alpha value is -4.65. The molecule has 2 N–H and O–H groups in total. The van der Waals surface area contributed by atoms with E-state index in [2.05, 4.69) is 20.6 Å². The van der Waals surface area contributed by atoms with E-state index >= 15 is 0 Å². The molecule has 5 rings (SSSR count). The van der Waals surface area contributed by atoms with Gasteiger partial charge in [0, 0.05) is 29.8 Å². The van der Waals surface area contributed by atoms with Crippen molar-refractivity contribution in [3.05, 3.63) is 103 Å². The molecular weight excluding hydrogens is 414 g/mol. The van der Waals surface area contributed by atoms with E-state index in [1.165, 1.54) is 0 Å². The predicted octanol–water partition coefficient (Wildman–Crippen LogP) is 6.17. The van der Waals surface area contributed by atoms with Crippen molar-refractivity contribution in [3.8, 4) is 17.4 Å². The van der Waals surface area contributed by atoms with Gasteiger partial charge >= 0.3 is 6.03 Å². The summed E-state index contributed by atoms with van der Waals surface area (Å²) in [6.07, 6.45) is 3.82. The number of nitrogens with one attached hydrogen (secondary N) is 2. The maximum absolute atomic E-state index is 12.4. The number of aryl methyl sites for hydroxylation is 1. The number of urea groups is 1. The van der Waals surface area contributed by atoms with Crippen LogP contribution < -0.4 is 15.4 Å². The molecule has 0 spiro atoms. The van der Waals surface area contributed by atoms with E-state index in [0.717, 1.165) is 22.3 Å². The number of ether oxygens (including phenoxy) is 1. The number of amides is 2. The number of rotatable bonds is 5. The van der Waals surface area contributed by atoms with Crippen molar-refractivity contribution >= 4 is 28.2 Å². The van der Waals surface area contributed by atoms with Crippen LogP contribution in [0.5, 0.6) is 11.6 Å². The number of hydrogen-bond acceptors (Lipinski definition) is 4. The third kappa shape index (κ3) is 4.83. The molecule has 0 saturated carbocycles. The molecule has 162 valence electrons. The Morgan fingerprint density at radius 2 is 1.48 bits per heavy atom. The fourth-order valence-electron chi connectivity index (χ4n) is 3.48. The fraction of sp³-hybridized carbons (Fsp3) is 0.0385. The van der Waals surface area contributed by atoms with E-state index in [4.69, 9.17) is 4.74 Å². The van der Waals surface area contributed by atoms with Crippen molar-refractivity contribution in [1.29, 1.82) is 0 Å². The van der Waals surface area contributed by atoms with E-state index in [-0.39, 0.29) is 6.03 Å². The van der Waals surface area contributed by atoms with Crippen molar-refractivity contribution in [2.75, 3.05) is 10.6 Å². The molecule has 0 aliphatic heterocycles. The molecule has 0 aliphatic carbocycles. The Morgan fingerprint density at radius 3 is 2.27 bits per heavy atom. The molecule has 7 nitrogen and oxygen atoms in total. The predicted molar refractivity (Wildman–Crippen MR) is 129 cm³/mol. The first-order valence-electron chi connectivity index (χ1n) is 10.5. The topological polar surface area (TPSA) is 81.1 Å². The van der Waals surface area contributed by atoms with Crippen molar-refractivity contribution in [2.45, 2.75) is 6.92 Å². The van der Waals surface area contributed by atoms with Gasteiger partial charge in [-0.2, -0.15) is 4.98 Å². The van der Waals surface area contributed by atoms with Crippen LogP contribution >= 0.6 is 0 Å². The molecule has 0 saturated heterocycles. The van der Waals surface area contributed by atoms with Gasteiger partial charge in [0.05, 0.1) is 0 Å². The van der Waals surface area contributed by atoms with Crippen LogP contribution in [0, 0.1) is 6.92 Å². The maximum atomic E-state index is 12.4. The summed E-state index contributed by atoms with van der Waals surface area (Å²) in [5.41, 5.74) is 1.37. The number of nitrogens with zero attached hydrogens (tertiary/aromatic N) is 3. The third-order valence-corrected chi connectivity index (χ3v) is 5.01. The van der Waals surface area contributed by atoms with Gasteiger partial charge in [-0.3, -0.25) is 0 Å². The van der Waals surface area contributed by atoms with Gasteiger partial charge in [-0.25, -0.2) is 9.78 Å². The van der Waals surface area contributed by atoms with Gasteiger partial charge in [0.25, 0.3) is 0 Å². The standard InChI is InChI=1S/C26H21N5O2/c1-18-27-24(31-14-4-5-15-31)17-25(28-18)33-23-12-10-21(11-13-23)29-26(32)30-22-9-8-19-6-2-3-7-20(19)16-22/h2-17H,1H3,(H2,29,30,32). The summed E-state index contributed by atoms with van der Waals surface area (Å²) in [6, 6.07) is 26.2. The quantitative estimate of drug-likeness (QED) is 0.346. The first kappa shape index (κ1) is 20.3. The Morgan fingerprint density at radius 1 is 0.788 bits per heavy atom. The van der Waals surface area contributed by atoms with Gasteiger partial charge in [0.1, 0.15) is 17.4 Å². The van der Waals surface area contributed by atoms with Crippen LogP contribution in [0.1, 0.15) is 5.82 Å². The Kier molecular flexibility index (Phi) is 5.43. The first-order chi connectivity index (χ1) is 16.1. The van der Waals surface area contributed by atoms with Crippen LogP contribution in [-0.2, 0) is 0 Å². The lowest BCUT2D eigenvalue weighted by Gasteiger charge is -2.10. The maximum Gasteiger partial charge on any atom is 0.323 e. The minimum atomic E-state index is -0.318. The Bertz CT molecular complexity index is 1410. The lowest BCUT2D eigenvalue weighted by atomic mass is 10.1. The minimum absolute atomic E-state index is 0.318. The van der Waals surface area contributed by atoms with Crippen LogP contribution in [0.15, 0.2) is 97.3 Å². The molecule has 0 bridgehead atoms. The lowest BCUT2D eigenvalue weighted by Crippen LogP contribution is -2.19. The number of anilines is 2. The largest absolute Gasteiger partial charge is 0.439 e. The van der Waals surface area contributed by atoms with E-state index in [0.29, 0.717) is 23.1 Å². The SMILES string of the molecule is Cc1nc(Oc2ccc(NC(=O)Nc3ccc4ccccc4c3)cc2)cc(-n2cccc2)n1. The molecule has 0 unspecified atom stereocenters. The van der Waals surface area contributed by atoms with Crippen LogP contribution in [-0.4, -0.2) is 20.6 Å². The summed E-state index contributed by atoms with van der Waals surface area (Å²) in [6.45, 7) is 1.82. The number of carbonyl (C=O) groups is 1. The molecule has 2 heterocycles. The zero-order valence-corrected chi connectivity index (χ0v) is 17.9. The molecule has 0 atom stereocenters. The van der Waals surface area contributed by atoms with Crippen LogP contribution in [0.3, 0.4) is 0 Å². The summed E-state index contributed by atoms with van der Waals surface area (Å²) in [7, 11) is 0. The van der Waals surface area contributed by atoms with Crippen molar-refractivity contribution < 1.29 is 9.53 Å². The molecule has 3 aromatic carbocycles. The summed E-state index contributed by atoms with van der Waals surface area (Å²) in [5, 5.41) is 7.88. The van der Waals surface area contributed by atoms with E-state index in [9.17, 15) is 4.79 Å². The second-order valence-electron chi connectivity index (χ2n) is 7.47. The summed E-state index contributed by atoms with van der Waals surface area (Å²) in [4.78, 5) is 21.2. The zero-order chi connectivity index (χ0) is 22.6. The van der Waals surface area contributed by atoms with E-state index in [1.54, 1.807) is 30.3 Å². The van der Waals surface area contributed by atoms with E-state index in [1.807, 2.05) is 78.5 Å². The number of fused-ring (bicyclic) bond motifs is 1. The van der Waals surface area contributed by atoms with Gasteiger partial charge in [0.2, 0.25) is 5.88 Å². The number of carbonyl (C=O) groups excluding carboxylic acids is 1. The van der Waals surface area contributed by atoms with Crippen LogP contribution in [0.4, 0.5) is 16.2 Å². The summed E-state index contributed by atoms with van der Waals surface area (Å²) < 4.78 is 7.79. The molecule has 0 radical (unpaired) electrons. The van der Waals surface area contributed by atoms with Gasteiger partial charge in [-0.05, 0) is 66.2 Å². The zero-order valence-electron chi connectivity index (χ0n) is 17.9. The second-order valence-corrected chi connectivity index (χ2v) is 7.47. The minimum Gasteiger partial charge on any atom is -0.439 e. The molecule has 5 aromatic rings. The van der Waals surface area contributed by atoms with Gasteiger partial charge < -0.3 is 19.9 Å². The Labute approximate surface area is 190 Å². The normalized spacial score (nSPS) is 10.7. The Balaban J connectivity index is 1.23. The summed E-state index contributed by atoms with van der Waals surface area (Å²) in [5.74, 6) is 2.39. The molecular formula is C26H21N5O2. The highest BCUT2D eigenvalue weighted by Gasteiger charge is 2.07. The average Bonchev–Trinajstić information content (AvgIpc) is 3.35. The highest BCUT2D eigenvalue weighted by Crippen LogP contribution is 2.24. The van der Waals surface area contributed by atoms with Crippen molar-refractivity contribution in [3.63, 3.8) is 0 Å². The molecule has 33 heavy (non-hydrogen) atoms. The second kappa shape index (κ2) is 8.84. The summed E-state index contributed by atoms with van der Waals surface area (Å²) >= 11 is 0. The first-order valence-corrected chi connectivity index (χ1v) is 10.5. The molecule has 2 amide bonds. The monoisotopic (exact) mass is 435 g/mol. The third-order valence-electron chi connectivity index (χ3n) is 5.01. The molecule has 2 aromatic heterocycles. The number of hydrogen-bond donors (Lipinski definition) is 2. The number of aromatic nitrogens is 3. The number of benzene rings is 3.